The lowest BCUT2D eigenvalue weighted by molar-refractivity contribution is 0.163. The molecule has 0 fully saturated rings. The van der Waals surface area contributed by atoms with Crippen LogP contribution in [0, 0.1) is 0 Å². The van der Waals surface area contributed by atoms with E-state index in [1.807, 2.05) is 13.8 Å². The zero-order valence-electron chi connectivity index (χ0n) is 8.67. The van der Waals surface area contributed by atoms with Gasteiger partial charge in [0, 0.05) is 12.0 Å². The van der Waals surface area contributed by atoms with Crippen molar-refractivity contribution in [3.05, 3.63) is 11.9 Å². The van der Waals surface area contributed by atoms with Crippen molar-refractivity contribution in [3.8, 4) is 0 Å². The van der Waals surface area contributed by atoms with Crippen LogP contribution >= 0.6 is 0 Å². The van der Waals surface area contributed by atoms with Gasteiger partial charge in [0.05, 0.1) is 6.54 Å². The number of hydrogen-bond acceptors (Lipinski definition) is 4. The smallest absolute Gasteiger partial charge is 0.255 e. The summed E-state index contributed by atoms with van der Waals surface area (Å²) in [5.74, 6) is 1.28. The van der Waals surface area contributed by atoms with Gasteiger partial charge >= 0.3 is 0 Å². The summed E-state index contributed by atoms with van der Waals surface area (Å²) in [5.41, 5.74) is 5.52. The van der Waals surface area contributed by atoms with Crippen molar-refractivity contribution in [2.45, 2.75) is 26.2 Å². The van der Waals surface area contributed by atoms with Gasteiger partial charge in [-0.2, -0.15) is 0 Å². The fourth-order valence-corrected chi connectivity index (χ4v) is 1.02. The number of halogens is 2. The van der Waals surface area contributed by atoms with E-state index in [0.29, 0.717) is 11.6 Å². The molecule has 0 saturated carbocycles. The molecule has 0 aliphatic carbocycles. The lowest BCUT2D eigenvalue weighted by Gasteiger charge is -2.09. The normalized spacial score (nSPS) is 11.1. The van der Waals surface area contributed by atoms with Gasteiger partial charge in [-0.1, -0.05) is 13.8 Å². The molecule has 0 bridgehead atoms. The number of nitrogens with one attached hydrogen (secondary N) is 1. The first-order valence-electron chi connectivity index (χ1n) is 4.65. The number of rotatable bonds is 4. The molecule has 0 unspecified atom stereocenters. The van der Waals surface area contributed by atoms with Gasteiger partial charge in [-0.3, -0.25) is 0 Å². The molecular formula is C9H14F2N4. The monoisotopic (exact) mass is 216 g/mol. The minimum absolute atomic E-state index is 0.112. The molecule has 0 saturated heterocycles. The zero-order chi connectivity index (χ0) is 11.4. The molecule has 1 rings (SSSR count). The van der Waals surface area contributed by atoms with Crippen LogP contribution in [0.4, 0.5) is 20.4 Å². The Hall–Kier alpha value is -1.46. The molecule has 15 heavy (non-hydrogen) atoms. The van der Waals surface area contributed by atoms with Crippen molar-refractivity contribution in [1.29, 1.82) is 0 Å². The summed E-state index contributed by atoms with van der Waals surface area (Å²) in [6.45, 7) is 3.38. The highest BCUT2D eigenvalue weighted by Gasteiger charge is 2.08. The standard InChI is InChI=1S/C9H14F2N4/c1-5(2)9-14-7(12)3-8(15-9)13-4-6(10)11/h3,5-6H,4H2,1-2H3,(H3,12,13,14,15). The van der Waals surface area contributed by atoms with Crippen LogP contribution in [-0.2, 0) is 0 Å². The maximum atomic E-state index is 11.9. The molecule has 4 nitrogen and oxygen atoms in total. The Balaban J connectivity index is 2.79. The minimum Gasteiger partial charge on any atom is -0.384 e. The molecule has 84 valence electrons. The Morgan fingerprint density at radius 2 is 2.07 bits per heavy atom. The van der Waals surface area contributed by atoms with Gasteiger partial charge < -0.3 is 11.1 Å². The Morgan fingerprint density at radius 3 is 2.60 bits per heavy atom. The first-order valence-corrected chi connectivity index (χ1v) is 4.65. The molecule has 0 spiro atoms. The van der Waals surface area contributed by atoms with Crippen LogP contribution in [0.15, 0.2) is 6.07 Å². The van der Waals surface area contributed by atoms with E-state index >= 15 is 0 Å². The van der Waals surface area contributed by atoms with Crippen molar-refractivity contribution in [2.75, 3.05) is 17.6 Å². The summed E-state index contributed by atoms with van der Waals surface area (Å²) in [6, 6.07) is 1.44. The third kappa shape index (κ3) is 3.65. The van der Waals surface area contributed by atoms with Crippen molar-refractivity contribution in [1.82, 2.24) is 9.97 Å². The van der Waals surface area contributed by atoms with E-state index < -0.39 is 13.0 Å². The average Bonchev–Trinajstić information content (AvgIpc) is 2.13. The largest absolute Gasteiger partial charge is 0.384 e. The van der Waals surface area contributed by atoms with Crippen LogP contribution in [-0.4, -0.2) is 22.9 Å². The van der Waals surface area contributed by atoms with Gasteiger partial charge in [0.25, 0.3) is 6.43 Å². The third-order valence-electron chi connectivity index (χ3n) is 1.72. The van der Waals surface area contributed by atoms with Crippen molar-refractivity contribution in [3.63, 3.8) is 0 Å². The van der Waals surface area contributed by atoms with E-state index in [2.05, 4.69) is 15.3 Å². The van der Waals surface area contributed by atoms with Gasteiger partial charge in [-0.25, -0.2) is 18.7 Å². The predicted octanol–water partition coefficient (Wildman–Crippen LogP) is 1.86. The van der Waals surface area contributed by atoms with Crippen molar-refractivity contribution < 1.29 is 8.78 Å². The quantitative estimate of drug-likeness (QED) is 0.806. The SMILES string of the molecule is CC(C)c1nc(N)cc(NCC(F)F)n1. The molecule has 0 aliphatic heterocycles. The van der Waals surface area contributed by atoms with Crippen LogP contribution < -0.4 is 11.1 Å². The summed E-state index contributed by atoms with van der Waals surface area (Å²) < 4.78 is 23.9. The minimum atomic E-state index is -2.41. The number of nitrogens with zero attached hydrogens (tertiary/aromatic N) is 2. The second-order valence-electron chi connectivity index (χ2n) is 3.46. The number of alkyl halides is 2. The molecule has 6 heteroatoms. The fourth-order valence-electron chi connectivity index (χ4n) is 1.02. The predicted molar refractivity (Wildman–Crippen MR) is 55.0 cm³/mol. The van der Waals surface area contributed by atoms with E-state index in [1.54, 1.807) is 0 Å². The molecule has 0 aliphatic rings. The molecule has 0 radical (unpaired) electrons. The first kappa shape index (κ1) is 11.6. The fraction of sp³-hybridized carbons (Fsp3) is 0.556. The molecule has 0 aromatic carbocycles. The highest BCUT2D eigenvalue weighted by Crippen LogP contribution is 2.15. The molecule has 3 N–H and O–H groups in total. The van der Waals surface area contributed by atoms with E-state index in [-0.39, 0.29) is 11.7 Å². The van der Waals surface area contributed by atoms with E-state index in [4.69, 9.17) is 5.73 Å². The number of anilines is 2. The van der Waals surface area contributed by atoms with Crippen LogP contribution in [0.2, 0.25) is 0 Å². The number of nitrogens with two attached hydrogens (primary N) is 1. The Morgan fingerprint density at radius 1 is 1.40 bits per heavy atom. The summed E-state index contributed by atoms with van der Waals surface area (Å²) >= 11 is 0. The molecule has 1 aromatic rings. The van der Waals surface area contributed by atoms with Crippen molar-refractivity contribution in [2.24, 2.45) is 0 Å². The van der Waals surface area contributed by atoms with E-state index in [0.717, 1.165) is 0 Å². The lowest BCUT2D eigenvalue weighted by atomic mass is 10.2. The van der Waals surface area contributed by atoms with Crippen molar-refractivity contribution >= 4 is 11.6 Å². The van der Waals surface area contributed by atoms with Gasteiger partial charge in [-0.05, 0) is 0 Å². The molecule has 0 amide bonds. The highest BCUT2D eigenvalue weighted by atomic mass is 19.3. The average molecular weight is 216 g/mol. The summed E-state index contributed by atoms with van der Waals surface area (Å²) in [4.78, 5) is 8.07. The van der Waals surface area contributed by atoms with Gasteiger partial charge in [0.15, 0.2) is 0 Å². The second kappa shape index (κ2) is 4.86. The number of aromatic nitrogens is 2. The lowest BCUT2D eigenvalue weighted by Crippen LogP contribution is -2.13. The van der Waals surface area contributed by atoms with Crippen LogP contribution in [0.25, 0.3) is 0 Å². The van der Waals surface area contributed by atoms with Crippen LogP contribution in [0.5, 0.6) is 0 Å². The first-order chi connectivity index (χ1) is 6.99. The topological polar surface area (TPSA) is 63.8 Å². The van der Waals surface area contributed by atoms with Gasteiger partial charge in [0.2, 0.25) is 0 Å². The Bertz CT molecular complexity index is 328. The maximum absolute atomic E-state index is 11.9. The summed E-state index contributed by atoms with van der Waals surface area (Å²) in [7, 11) is 0. The summed E-state index contributed by atoms with van der Waals surface area (Å²) in [6.07, 6.45) is -2.41. The molecule has 1 aromatic heterocycles. The summed E-state index contributed by atoms with van der Waals surface area (Å²) in [5, 5.41) is 2.50. The Labute approximate surface area is 86.9 Å². The maximum Gasteiger partial charge on any atom is 0.255 e. The molecule has 0 atom stereocenters. The molecule has 1 heterocycles. The van der Waals surface area contributed by atoms with Gasteiger partial charge in [-0.15, -0.1) is 0 Å². The second-order valence-corrected chi connectivity index (χ2v) is 3.46. The number of hydrogen-bond donors (Lipinski definition) is 2. The van der Waals surface area contributed by atoms with Crippen LogP contribution in [0.3, 0.4) is 0 Å². The highest BCUT2D eigenvalue weighted by molar-refractivity contribution is 5.44. The number of nitrogen functional groups attached to an aromatic ring is 1. The molecular weight excluding hydrogens is 202 g/mol. The van der Waals surface area contributed by atoms with Crippen LogP contribution in [0.1, 0.15) is 25.6 Å². The van der Waals surface area contributed by atoms with Gasteiger partial charge in [0.1, 0.15) is 17.5 Å². The third-order valence-corrected chi connectivity index (χ3v) is 1.72. The van der Waals surface area contributed by atoms with E-state index in [9.17, 15) is 8.78 Å². The van der Waals surface area contributed by atoms with E-state index in [1.165, 1.54) is 6.07 Å². The Kier molecular flexibility index (Phi) is 3.76. The zero-order valence-corrected chi connectivity index (χ0v) is 8.67.